The zero-order valence-corrected chi connectivity index (χ0v) is 14.0. The van der Waals surface area contributed by atoms with Crippen molar-refractivity contribution in [3.05, 3.63) is 35.8 Å². The van der Waals surface area contributed by atoms with Crippen LogP contribution >= 0.6 is 0 Å². The number of nitrogens with one attached hydrogen (secondary N) is 1. The topological polar surface area (TPSA) is 66.7 Å². The lowest BCUT2D eigenvalue weighted by Gasteiger charge is -2.36. The molecule has 4 rings (SSSR count). The lowest BCUT2D eigenvalue weighted by molar-refractivity contribution is -0.146. The summed E-state index contributed by atoms with van der Waals surface area (Å²) >= 11 is 0. The lowest BCUT2D eigenvalue weighted by Crippen LogP contribution is -2.54. The van der Waals surface area contributed by atoms with Crippen LogP contribution in [0.15, 0.2) is 24.4 Å². The first-order chi connectivity index (χ1) is 11.6. The van der Waals surface area contributed by atoms with Crippen molar-refractivity contribution >= 4 is 17.5 Å². The summed E-state index contributed by atoms with van der Waals surface area (Å²) in [6.45, 7) is 4.95. The molecule has 1 N–H and O–H groups in total. The minimum Gasteiger partial charge on any atom is -0.352 e. The molecule has 1 saturated carbocycles. The monoisotopic (exact) mass is 326 g/mol. The molecule has 6 nitrogen and oxygen atoms in total. The second-order valence-electron chi connectivity index (χ2n) is 6.86. The van der Waals surface area contributed by atoms with Crippen LogP contribution in [0.2, 0.25) is 0 Å². The van der Waals surface area contributed by atoms with Gasteiger partial charge in [-0.25, -0.2) is 4.98 Å². The van der Waals surface area contributed by atoms with Crippen LogP contribution in [-0.4, -0.2) is 39.2 Å². The zero-order valence-electron chi connectivity index (χ0n) is 14.0. The maximum absolute atomic E-state index is 13.0. The second kappa shape index (κ2) is 5.61. The SMILES string of the molecule is Cc1nc2ccccn2c1C1C(=O)NCCN1C(=O)C(C)C1CC1. The summed E-state index contributed by atoms with van der Waals surface area (Å²) in [4.78, 5) is 32.0. The Morgan fingerprint density at radius 1 is 1.38 bits per heavy atom. The largest absolute Gasteiger partial charge is 0.352 e. The van der Waals surface area contributed by atoms with E-state index in [1.54, 1.807) is 4.90 Å². The third kappa shape index (κ3) is 2.37. The van der Waals surface area contributed by atoms with Gasteiger partial charge < -0.3 is 14.6 Å². The summed E-state index contributed by atoms with van der Waals surface area (Å²) in [7, 11) is 0. The Morgan fingerprint density at radius 2 is 2.17 bits per heavy atom. The Kier molecular flexibility index (Phi) is 3.55. The van der Waals surface area contributed by atoms with Gasteiger partial charge in [0, 0.05) is 25.2 Å². The Balaban J connectivity index is 1.77. The van der Waals surface area contributed by atoms with E-state index in [-0.39, 0.29) is 17.7 Å². The molecule has 2 fully saturated rings. The number of fused-ring (bicyclic) bond motifs is 1. The van der Waals surface area contributed by atoms with Crippen molar-refractivity contribution in [3.63, 3.8) is 0 Å². The molecule has 3 heterocycles. The number of hydrogen-bond donors (Lipinski definition) is 1. The molecule has 2 aromatic rings. The fourth-order valence-corrected chi connectivity index (χ4v) is 3.70. The first kappa shape index (κ1) is 15.2. The molecule has 1 aliphatic heterocycles. The number of imidazole rings is 1. The molecule has 0 aromatic carbocycles. The number of hydrogen-bond acceptors (Lipinski definition) is 3. The third-order valence-corrected chi connectivity index (χ3v) is 5.22. The number of aryl methyl sites for hydroxylation is 1. The van der Waals surface area contributed by atoms with Gasteiger partial charge in [-0.2, -0.15) is 0 Å². The highest BCUT2D eigenvalue weighted by Crippen LogP contribution is 2.39. The van der Waals surface area contributed by atoms with Crippen molar-refractivity contribution in [2.24, 2.45) is 11.8 Å². The number of carbonyl (C=O) groups excluding carboxylic acids is 2. The van der Waals surface area contributed by atoms with Crippen LogP contribution in [0.3, 0.4) is 0 Å². The summed E-state index contributed by atoms with van der Waals surface area (Å²) in [5, 5.41) is 2.91. The minimum absolute atomic E-state index is 0.0158. The van der Waals surface area contributed by atoms with E-state index in [9.17, 15) is 9.59 Å². The van der Waals surface area contributed by atoms with Crippen LogP contribution in [0.25, 0.3) is 5.65 Å². The smallest absolute Gasteiger partial charge is 0.249 e. The molecule has 0 spiro atoms. The summed E-state index contributed by atoms with van der Waals surface area (Å²) < 4.78 is 1.92. The number of aromatic nitrogens is 2. The molecule has 2 aliphatic rings. The van der Waals surface area contributed by atoms with Crippen LogP contribution in [-0.2, 0) is 9.59 Å². The fourth-order valence-electron chi connectivity index (χ4n) is 3.70. The molecular weight excluding hydrogens is 304 g/mol. The van der Waals surface area contributed by atoms with Gasteiger partial charge in [-0.3, -0.25) is 9.59 Å². The predicted molar refractivity (Wildman–Crippen MR) is 89.3 cm³/mol. The normalized spacial score (nSPS) is 22.5. The summed E-state index contributed by atoms with van der Waals surface area (Å²) in [6.07, 6.45) is 4.14. The van der Waals surface area contributed by atoms with Gasteiger partial charge in [0.15, 0.2) is 6.04 Å². The maximum atomic E-state index is 13.0. The fraction of sp³-hybridized carbons (Fsp3) is 0.500. The van der Waals surface area contributed by atoms with Gasteiger partial charge in [-0.15, -0.1) is 0 Å². The van der Waals surface area contributed by atoms with E-state index in [4.69, 9.17) is 0 Å². The molecular formula is C18H22N4O2. The number of pyridine rings is 1. The van der Waals surface area contributed by atoms with Crippen LogP contribution in [0, 0.1) is 18.8 Å². The molecule has 6 heteroatoms. The molecule has 1 aliphatic carbocycles. The Labute approximate surface area is 140 Å². The van der Waals surface area contributed by atoms with Crippen molar-refractivity contribution < 1.29 is 9.59 Å². The van der Waals surface area contributed by atoms with Gasteiger partial charge in [0.2, 0.25) is 11.8 Å². The lowest BCUT2D eigenvalue weighted by atomic mass is 10.00. The highest BCUT2D eigenvalue weighted by Gasteiger charge is 2.42. The predicted octanol–water partition coefficient (Wildman–Crippen LogP) is 1.69. The van der Waals surface area contributed by atoms with Crippen LogP contribution in [0.5, 0.6) is 0 Å². The minimum atomic E-state index is -0.607. The van der Waals surface area contributed by atoms with E-state index >= 15 is 0 Å². The van der Waals surface area contributed by atoms with E-state index in [1.165, 1.54) is 0 Å². The molecule has 126 valence electrons. The van der Waals surface area contributed by atoms with E-state index in [2.05, 4.69) is 10.3 Å². The number of amides is 2. The second-order valence-corrected chi connectivity index (χ2v) is 6.86. The van der Waals surface area contributed by atoms with Gasteiger partial charge >= 0.3 is 0 Å². The van der Waals surface area contributed by atoms with E-state index < -0.39 is 6.04 Å². The number of nitrogens with zero attached hydrogens (tertiary/aromatic N) is 3. The Hall–Kier alpha value is -2.37. The average Bonchev–Trinajstić information content (AvgIpc) is 3.37. The first-order valence-corrected chi connectivity index (χ1v) is 8.59. The molecule has 2 unspecified atom stereocenters. The van der Waals surface area contributed by atoms with Gasteiger partial charge in [-0.1, -0.05) is 13.0 Å². The van der Waals surface area contributed by atoms with Gasteiger partial charge in [0.05, 0.1) is 11.4 Å². The number of rotatable bonds is 3. The Morgan fingerprint density at radius 3 is 2.92 bits per heavy atom. The van der Waals surface area contributed by atoms with Gasteiger partial charge in [0.1, 0.15) is 5.65 Å². The highest BCUT2D eigenvalue weighted by molar-refractivity contribution is 5.90. The molecule has 2 amide bonds. The molecule has 2 atom stereocenters. The van der Waals surface area contributed by atoms with E-state index in [0.717, 1.165) is 29.9 Å². The van der Waals surface area contributed by atoms with Crippen LogP contribution in [0.1, 0.15) is 37.2 Å². The highest BCUT2D eigenvalue weighted by atomic mass is 16.2. The molecule has 1 saturated heterocycles. The number of piperazine rings is 1. The van der Waals surface area contributed by atoms with Gasteiger partial charge in [-0.05, 0) is 37.8 Å². The van der Waals surface area contributed by atoms with Gasteiger partial charge in [0.25, 0.3) is 0 Å². The van der Waals surface area contributed by atoms with Crippen molar-refractivity contribution in [1.82, 2.24) is 19.6 Å². The van der Waals surface area contributed by atoms with Crippen LogP contribution in [0.4, 0.5) is 0 Å². The van der Waals surface area contributed by atoms with Crippen molar-refractivity contribution in [2.75, 3.05) is 13.1 Å². The molecule has 0 radical (unpaired) electrons. The summed E-state index contributed by atoms with van der Waals surface area (Å²) in [6, 6.07) is 5.14. The standard InChI is InChI=1S/C18H22N4O2/c1-11(13-6-7-13)18(24)22-10-8-19-17(23)16(22)15-12(2)20-14-5-3-4-9-21(14)15/h3-5,9,11,13,16H,6-8,10H2,1-2H3,(H,19,23). The third-order valence-electron chi connectivity index (χ3n) is 5.22. The number of carbonyl (C=O) groups is 2. The van der Waals surface area contributed by atoms with Crippen molar-refractivity contribution in [2.45, 2.75) is 32.7 Å². The maximum Gasteiger partial charge on any atom is 0.249 e. The molecule has 24 heavy (non-hydrogen) atoms. The quantitative estimate of drug-likeness (QED) is 0.933. The van der Waals surface area contributed by atoms with Crippen molar-refractivity contribution in [3.8, 4) is 0 Å². The van der Waals surface area contributed by atoms with E-state index in [1.807, 2.05) is 42.6 Å². The van der Waals surface area contributed by atoms with Crippen LogP contribution < -0.4 is 5.32 Å². The summed E-state index contributed by atoms with van der Waals surface area (Å²) in [5.41, 5.74) is 2.38. The molecule has 2 aromatic heterocycles. The molecule has 0 bridgehead atoms. The average molecular weight is 326 g/mol. The van der Waals surface area contributed by atoms with E-state index in [0.29, 0.717) is 19.0 Å². The summed E-state index contributed by atoms with van der Waals surface area (Å²) in [5.74, 6) is 0.429. The first-order valence-electron chi connectivity index (χ1n) is 8.59. The van der Waals surface area contributed by atoms with Crippen molar-refractivity contribution in [1.29, 1.82) is 0 Å². The zero-order chi connectivity index (χ0) is 16.8. The Bertz CT molecular complexity index is 808.